The third-order valence-corrected chi connectivity index (χ3v) is 4.49. The van der Waals surface area contributed by atoms with E-state index in [0.29, 0.717) is 35.0 Å². The monoisotopic (exact) mass is 413 g/mol. The fraction of sp³-hybridized carbons (Fsp3) is 0.0435. The van der Waals surface area contributed by atoms with Crippen LogP contribution in [0.4, 0.5) is 0 Å². The van der Waals surface area contributed by atoms with Crippen LogP contribution in [0.5, 0.6) is 11.5 Å². The van der Waals surface area contributed by atoms with E-state index in [0.717, 1.165) is 5.56 Å². The normalized spacial score (nSPS) is 10.5. The number of amides is 2. The maximum absolute atomic E-state index is 12.4. The van der Waals surface area contributed by atoms with Gasteiger partial charge in [0, 0.05) is 36.3 Å². The molecule has 4 rings (SSSR count). The van der Waals surface area contributed by atoms with E-state index in [1.54, 1.807) is 65.6 Å². The number of rotatable bonds is 7. The predicted molar refractivity (Wildman–Crippen MR) is 114 cm³/mol. The van der Waals surface area contributed by atoms with Crippen molar-refractivity contribution in [3.8, 4) is 17.3 Å². The molecule has 0 aliphatic carbocycles. The minimum absolute atomic E-state index is 0.200. The molecule has 2 amide bonds. The SMILES string of the molecule is NC(=O)c1ccc(Oc2ccc(C(=O)NCc3ccc(-n4cccn4)nc3)cc2)cc1. The van der Waals surface area contributed by atoms with Gasteiger partial charge >= 0.3 is 0 Å². The lowest BCUT2D eigenvalue weighted by atomic mass is 10.2. The Balaban J connectivity index is 1.32. The van der Waals surface area contributed by atoms with E-state index < -0.39 is 5.91 Å². The molecule has 0 fully saturated rings. The fourth-order valence-electron chi connectivity index (χ4n) is 2.84. The van der Waals surface area contributed by atoms with Crippen LogP contribution in [-0.4, -0.2) is 26.6 Å². The number of carbonyl (C=O) groups excluding carboxylic acids is 2. The maximum atomic E-state index is 12.4. The molecular formula is C23H19N5O3. The van der Waals surface area contributed by atoms with Crippen molar-refractivity contribution in [1.29, 1.82) is 0 Å². The van der Waals surface area contributed by atoms with Crippen LogP contribution in [0, 0.1) is 0 Å². The van der Waals surface area contributed by atoms with Crippen molar-refractivity contribution in [2.45, 2.75) is 6.54 Å². The number of hydrogen-bond acceptors (Lipinski definition) is 5. The molecule has 0 spiro atoms. The summed E-state index contributed by atoms with van der Waals surface area (Å²) in [5.74, 6) is 1.15. The summed E-state index contributed by atoms with van der Waals surface area (Å²) in [6.45, 7) is 0.357. The van der Waals surface area contributed by atoms with E-state index in [4.69, 9.17) is 10.5 Å². The number of hydrogen-bond donors (Lipinski definition) is 2. The van der Waals surface area contributed by atoms with Crippen LogP contribution in [0.15, 0.2) is 85.3 Å². The Bertz CT molecular complexity index is 1170. The van der Waals surface area contributed by atoms with Crippen molar-refractivity contribution in [2.75, 3.05) is 0 Å². The summed E-state index contributed by atoms with van der Waals surface area (Å²) in [5.41, 5.74) is 7.02. The summed E-state index contributed by atoms with van der Waals surface area (Å²) >= 11 is 0. The lowest BCUT2D eigenvalue weighted by Gasteiger charge is -2.08. The molecule has 0 radical (unpaired) electrons. The highest BCUT2D eigenvalue weighted by Crippen LogP contribution is 2.22. The minimum atomic E-state index is -0.494. The number of pyridine rings is 1. The van der Waals surface area contributed by atoms with Crippen molar-refractivity contribution >= 4 is 11.8 Å². The number of aromatic nitrogens is 3. The average molecular weight is 413 g/mol. The Morgan fingerprint density at radius 1 is 0.935 bits per heavy atom. The summed E-state index contributed by atoms with van der Waals surface area (Å²) in [4.78, 5) is 27.9. The molecule has 0 aliphatic heterocycles. The van der Waals surface area contributed by atoms with E-state index in [9.17, 15) is 9.59 Å². The Hall–Kier alpha value is -4.46. The molecule has 2 aromatic heterocycles. The highest BCUT2D eigenvalue weighted by Gasteiger charge is 2.07. The Morgan fingerprint density at radius 2 is 1.61 bits per heavy atom. The second-order valence-corrected chi connectivity index (χ2v) is 6.67. The van der Waals surface area contributed by atoms with Crippen LogP contribution < -0.4 is 15.8 Å². The predicted octanol–water partition coefficient (Wildman–Crippen LogP) is 3.09. The number of nitrogens with zero attached hydrogens (tertiary/aromatic N) is 3. The molecule has 2 aromatic carbocycles. The molecule has 0 unspecified atom stereocenters. The van der Waals surface area contributed by atoms with Gasteiger partial charge in [0.25, 0.3) is 5.91 Å². The zero-order valence-corrected chi connectivity index (χ0v) is 16.4. The van der Waals surface area contributed by atoms with Gasteiger partial charge < -0.3 is 15.8 Å². The highest BCUT2D eigenvalue weighted by atomic mass is 16.5. The quantitative estimate of drug-likeness (QED) is 0.484. The van der Waals surface area contributed by atoms with Crippen molar-refractivity contribution in [2.24, 2.45) is 5.73 Å². The summed E-state index contributed by atoms with van der Waals surface area (Å²) in [6.07, 6.45) is 5.21. The first-order valence-electron chi connectivity index (χ1n) is 9.49. The number of benzene rings is 2. The average Bonchev–Trinajstić information content (AvgIpc) is 3.34. The summed E-state index contributed by atoms with van der Waals surface area (Å²) in [5, 5.41) is 7.00. The van der Waals surface area contributed by atoms with Crippen molar-refractivity contribution in [3.63, 3.8) is 0 Å². The second kappa shape index (κ2) is 8.91. The highest BCUT2D eigenvalue weighted by molar-refractivity contribution is 5.94. The molecule has 31 heavy (non-hydrogen) atoms. The molecular weight excluding hydrogens is 394 g/mol. The van der Waals surface area contributed by atoms with Crippen LogP contribution >= 0.6 is 0 Å². The van der Waals surface area contributed by atoms with Gasteiger partial charge in [-0.3, -0.25) is 9.59 Å². The molecule has 4 aromatic rings. The lowest BCUT2D eigenvalue weighted by Crippen LogP contribution is -2.22. The van der Waals surface area contributed by atoms with Gasteiger partial charge in [-0.05, 0) is 66.2 Å². The molecule has 8 nitrogen and oxygen atoms in total. The number of ether oxygens (including phenoxy) is 1. The van der Waals surface area contributed by atoms with Crippen LogP contribution in [-0.2, 0) is 6.54 Å². The first-order chi connectivity index (χ1) is 15.1. The zero-order chi connectivity index (χ0) is 21.6. The Labute approximate surface area is 178 Å². The Morgan fingerprint density at radius 3 is 2.16 bits per heavy atom. The van der Waals surface area contributed by atoms with Gasteiger partial charge in [-0.15, -0.1) is 0 Å². The summed E-state index contributed by atoms with van der Waals surface area (Å²) in [6, 6.07) is 18.8. The third-order valence-electron chi connectivity index (χ3n) is 4.49. The van der Waals surface area contributed by atoms with Crippen LogP contribution in [0.25, 0.3) is 5.82 Å². The summed E-state index contributed by atoms with van der Waals surface area (Å²) < 4.78 is 7.38. The van der Waals surface area contributed by atoms with Crippen LogP contribution in [0.3, 0.4) is 0 Å². The molecule has 0 bridgehead atoms. The van der Waals surface area contributed by atoms with Gasteiger partial charge in [-0.1, -0.05) is 6.07 Å². The van der Waals surface area contributed by atoms with Crippen LogP contribution in [0.1, 0.15) is 26.3 Å². The molecule has 154 valence electrons. The topological polar surface area (TPSA) is 112 Å². The zero-order valence-electron chi connectivity index (χ0n) is 16.4. The number of carbonyl (C=O) groups is 2. The van der Waals surface area contributed by atoms with Gasteiger partial charge in [0.15, 0.2) is 5.82 Å². The minimum Gasteiger partial charge on any atom is -0.457 e. The largest absolute Gasteiger partial charge is 0.457 e. The van der Waals surface area contributed by atoms with Gasteiger partial charge in [0.05, 0.1) is 0 Å². The number of nitrogens with two attached hydrogens (primary N) is 1. The first kappa shape index (κ1) is 19.8. The van der Waals surface area contributed by atoms with E-state index in [-0.39, 0.29) is 5.91 Å². The van der Waals surface area contributed by atoms with Gasteiger partial charge in [-0.2, -0.15) is 5.10 Å². The standard InChI is InChI=1S/C23H19N5O3/c24-22(29)17-3-7-19(8-4-17)31-20-9-5-18(6-10-20)23(30)26-15-16-2-11-21(25-14-16)28-13-1-12-27-28/h1-14H,15H2,(H2,24,29)(H,26,30). The third kappa shape index (κ3) is 4.94. The summed E-state index contributed by atoms with van der Waals surface area (Å²) in [7, 11) is 0. The smallest absolute Gasteiger partial charge is 0.251 e. The molecule has 0 aliphatic rings. The number of primary amides is 1. The van der Waals surface area contributed by atoms with E-state index in [1.807, 2.05) is 24.4 Å². The van der Waals surface area contributed by atoms with E-state index in [1.165, 1.54) is 0 Å². The molecule has 0 atom stereocenters. The first-order valence-corrected chi connectivity index (χ1v) is 9.49. The lowest BCUT2D eigenvalue weighted by molar-refractivity contribution is 0.0949. The van der Waals surface area contributed by atoms with Crippen molar-refractivity contribution in [1.82, 2.24) is 20.1 Å². The van der Waals surface area contributed by atoms with Crippen molar-refractivity contribution < 1.29 is 14.3 Å². The molecule has 2 heterocycles. The molecule has 0 saturated heterocycles. The van der Waals surface area contributed by atoms with Gasteiger partial charge in [0.2, 0.25) is 5.91 Å². The Kier molecular flexibility index (Phi) is 5.70. The van der Waals surface area contributed by atoms with Crippen molar-refractivity contribution in [3.05, 3.63) is 102 Å². The fourth-order valence-corrected chi connectivity index (χ4v) is 2.84. The molecule has 3 N–H and O–H groups in total. The second-order valence-electron chi connectivity index (χ2n) is 6.67. The molecule has 0 saturated carbocycles. The van der Waals surface area contributed by atoms with E-state index in [2.05, 4.69) is 15.4 Å². The number of nitrogens with one attached hydrogen (secondary N) is 1. The van der Waals surface area contributed by atoms with Crippen LogP contribution in [0.2, 0.25) is 0 Å². The van der Waals surface area contributed by atoms with Gasteiger partial charge in [0.1, 0.15) is 11.5 Å². The maximum Gasteiger partial charge on any atom is 0.251 e. The van der Waals surface area contributed by atoms with E-state index >= 15 is 0 Å². The van der Waals surface area contributed by atoms with Gasteiger partial charge in [-0.25, -0.2) is 9.67 Å². The molecule has 8 heteroatoms.